The molecule has 0 aromatic heterocycles. The van der Waals surface area contributed by atoms with Crippen LogP contribution in [0.1, 0.15) is 17.3 Å². The number of hydrogen-bond donors (Lipinski definition) is 2. The summed E-state index contributed by atoms with van der Waals surface area (Å²) in [6.45, 7) is 0.747. The number of para-hydroxylation sites is 1. The number of amides is 2. The molecule has 2 aromatic rings. The van der Waals surface area contributed by atoms with E-state index < -0.39 is 42.1 Å². The molecule has 6 nitrogen and oxygen atoms in total. The van der Waals surface area contributed by atoms with Crippen LogP contribution < -0.4 is 10.6 Å². The standard InChI is InChI=1S/C18H16F2N2O4/c1-11(17(24)22-15-9-5-4-8-14(15)20)26-16(23)10-21-18(25)12-6-2-3-7-13(12)19/h2-9,11H,10H2,1H3,(H,21,25)(H,22,24)/t11-/m1/s1. The molecule has 136 valence electrons. The number of halogens is 2. The molecule has 1 atom stereocenters. The van der Waals surface area contributed by atoms with Crippen molar-refractivity contribution in [3.63, 3.8) is 0 Å². The van der Waals surface area contributed by atoms with Crippen LogP contribution in [-0.2, 0) is 14.3 Å². The third-order valence-electron chi connectivity index (χ3n) is 3.32. The minimum atomic E-state index is -1.22. The highest BCUT2D eigenvalue weighted by Crippen LogP contribution is 2.13. The predicted molar refractivity (Wildman–Crippen MR) is 89.3 cm³/mol. The highest BCUT2D eigenvalue weighted by molar-refractivity contribution is 5.97. The van der Waals surface area contributed by atoms with Gasteiger partial charge in [-0.05, 0) is 31.2 Å². The number of carbonyl (C=O) groups is 3. The van der Waals surface area contributed by atoms with Gasteiger partial charge in [-0.2, -0.15) is 0 Å². The number of rotatable bonds is 6. The first-order chi connectivity index (χ1) is 12.4. The SMILES string of the molecule is C[C@@H](OC(=O)CNC(=O)c1ccccc1F)C(=O)Nc1ccccc1F. The summed E-state index contributed by atoms with van der Waals surface area (Å²) < 4.78 is 31.8. The minimum Gasteiger partial charge on any atom is -0.451 e. The van der Waals surface area contributed by atoms with Crippen molar-refractivity contribution in [3.05, 3.63) is 65.7 Å². The predicted octanol–water partition coefficient (Wildman–Crippen LogP) is 2.26. The molecule has 2 rings (SSSR count). The fourth-order valence-corrected chi connectivity index (χ4v) is 1.98. The van der Waals surface area contributed by atoms with E-state index in [0.29, 0.717) is 0 Å². The van der Waals surface area contributed by atoms with Gasteiger partial charge in [0.05, 0.1) is 11.3 Å². The van der Waals surface area contributed by atoms with Crippen molar-refractivity contribution in [2.45, 2.75) is 13.0 Å². The van der Waals surface area contributed by atoms with Gasteiger partial charge in [-0.1, -0.05) is 24.3 Å². The number of hydrogen-bond acceptors (Lipinski definition) is 4. The molecule has 0 bridgehead atoms. The quantitative estimate of drug-likeness (QED) is 0.772. The first kappa shape index (κ1) is 19.0. The van der Waals surface area contributed by atoms with Gasteiger partial charge in [0.15, 0.2) is 6.10 Å². The summed E-state index contributed by atoms with van der Waals surface area (Å²) in [6, 6.07) is 10.8. The first-order valence-electron chi connectivity index (χ1n) is 7.66. The lowest BCUT2D eigenvalue weighted by Crippen LogP contribution is -2.36. The Labute approximate surface area is 148 Å². The van der Waals surface area contributed by atoms with Gasteiger partial charge in [-0.3, -0.25) is 14.4 Å². The number of carbonyl (C=O) groups excluding carboxylic acids is 3. The fourth-order valence-electron chi connectivity index (χ4n) is 1.98. The Kier molecular flexibility index (Phi) is 6.37. The van der Waals surface area contributed by atoms with Gasteiger partial charge in [0.1, 0.15) is 18.2 Å². The van der Waals surface area contributed by atoms with E-state index in [9.17, 15) is 23.2 Å². The van der Waals surface area contributed by atoms with E-state index in [-0.39, 0.29) is 11.3 Å². The molecule has 0 heterocycles. The Bertz CT molecular complexity index is 826. The summed E-state index contributed by atoms with van der Waals surface area (Å²) in [5, 5.41) is 4.48. The number of benzene rings is 2. The molecule has 2 aromatic carbocycles. The molecule has 0 fully saturated rings. The van der Waals surface area contributed by atoms with E-state index in [1.54, 1.807) is 0 Å². The zero-order valence-electron chi connectivity index (χ0n) is 13.8. The second-order valence-electron chi connectivity index (χ2n) is 5.26. The van der Waals surface area contributed by atoms with E-state index in [4.69, 9.17) is 4.74 Å². The smallest absolute Gasteiger partial charge is 0.326 e. The average Bonchev–Trinajstić information content (AvgIpc) is 2.62. The Morgan fingerprint density at radius 2 is 1.62 bits per heavy atom. The summed E-state index contributed by atoms with van der Waals surface area (Å²) in [5.74, 6) is -3.77. The topological polar surface area (TPSA) is 84.5 Å². The average molecular weight is 362 g/mol. The van der Waals surface area contributed by atoms with Crippen LogP contribution in [0, 0.1) is 11.6 Å². The Morgan fingerprint density at radius 3 is 2.27 bits per heavy atom. The fraction of sp³-hybridized carbons (Fsp3) is 0.167. The van der Waals surface area contributed by atoms with Crippen molar-refractivity contribution in [3.8, 4) is 0 Å². The number of nitrogens with one attached hydrogen (secondary N) is 2. The Balaban J connectivity index is 1.83. The largest absolute Gasteiger partial charge is 0.451 e. The lowest BCUT2D eigenvalue weighted by Gasteiger charge is -2.14. The lowest BCUT2D eigenvalue weighted by molar-refractivity contribution is -0.152. The van der Waals surface area contributed by atoms with Gasteiger partial charge in [0, 0.05) is 0 Å². The summed E-state index contributed by atoms with van der Waals surface area (Å²) >= 11 is 0. The Morgan fingerprint density at radius 1 is 1.00 bits per heavy atom. The van der Waals surface area contributed by atoms with Gasteiger partial charge in [-0.25, -0.2) is 8.78 Å². The summed E-state index contributed by atoms with van der Waals surface area (Å²) in [4.78, 5) is 35.4. The lowest BCUT2D eigenvalue weighted by atomic mass is 10.2. The van der Waals surface area contributed by atoms with Crippen LogP contribution in [0.4, 0.5) is 14.5 Å². The summed E-state index contributed by atoms with van der Waals surface area (Å²) in [7, 11) is 0. The van der Waals surface area contributed by atoms with Crippen LogP contribution in [-0.4, -0.2) is 30.4 Å². The second kappa shape index (κ2) is 8.70. The molecule has 0 aliphatic heterocycles. The van der Waals surface area contributed by atoms with Crippen LogP contribution >= 0.6 is 0 Å². The van der Waals surface area contributed by atoms with Gasteiger partial charge in [-0.15, -0.1) is 0 Å². The highest BCUT2D eigenvalue weighted by Gasteiger charge is 2.20. The van der Waals surface area contributed by atoms with Gasteiger partial charge >= 0.3 is 5.97 Å². The summed E-state index contributed by atoms with van der Waals surface area (Å²) in [6.07, 6.45) is -1.22. The molecular formula is C18H16F2N2O4. The molecule has 0 radical (unpaired) electrons. The van der Waals surface area contributed by atoms with Crippen molar-refractivity contribution in [2.24, 2.45) is 0 Å². The zero-order chi connectivity index (χ0) is 19.1. The van der Waals surface area contributed by atoms with Gasteiger partial charge in [0.2, 0.25) is 0 Å². The second-order valence-corrected chi connectivity index (χ2v) is 5.26. The molecule has 2 N–H and O–H groups in total. The van der Waals surface area contributed by atoms with Crippen LogP contribution in [0.2, 0.25) is 0 Å². The number of anilines is 1. The molecule has 0 unspecified atom stereocenters. The number of ether oxygens (including phenoxy) is 1. The number of esters is 1. The van der Waals surface area contributed by atoms with Crippen LogP contribution in [0.5, 0.6) is 0 Å². The monoisotopic (exact) mass is 362 g/mol. The van der Waals surface area contributed by atoms with E-state index in [1.165, 1.54) is 49.4 Å². The maximum atomic E-state index is 13.5. The molecule has 0 saturated carbocycles. The highest BCUT2D eigenvalue weighted by atomic mass is 19.1. The van der Waals surface area contributed by atoms with Gasteiger partial charge in [0.25, 0.3) is 11.8 Å². The van der Waals surface area contributed by atoms with E-state index in [0.717, 1.165) is 6.07 Å². The maximum Gasteiger partial charge on any atom is 0.326 e. The minimum absolute atomic E-state index is 0.0479. The molecular weight excluding hydrogens is 346 g/mol. The van der Waals surface area contributed by atoms with Crippen molar-refractivity contribution in [1.29, 1.82) is 0 Å². The van der Waals surface area contributed by atoms with Crippen LogP contribution in [0.25, 0.3) is 0 Å². The van der Waals surface area contributed by atoms with Crippen molar-refractivity contribution >= 4 is 23.5 Å². The molecule has 8 heteroatoms. The van der Waals surface area contributed by atoms with Crippen molar-refractivity contribution in [1.82, 2.24) is 5.32 Å². The molecule has 0 aliphatic rings. The molecule has 2 amide bonds. The molecule has 0 aliphatic carbocycles. The third kappa shape index (κ3) is 5.10. The van der Waals surface area contributed by atoms with Crippen LogP contribution in [0.15, 0.2) is 48.5 Å². The zero-order valence-corrected chi connectivity index (χ0v) is 13.8. The summed E-state index contributed by atoms with van der Waals surface area (Å²) in [5.41, 5.74) is -0.265. The van der Waals surface area contributed by atoms with E-state index in [2.05, 4.69) is 10.6 Å². The first-order valence-corrected chi connectivity index (χ1v) is 7.66. The van der Waals surface area contributed by atoms with E-state index >= 15 is 0 Å². The maximum absolute atomic E-state index is 13.5. The molecule has 0 saturated heterocycles. The molecule has 0 spiro atoms. The van der Waals surface area contributed by atoms with Gasteiger partial charge < -0.3 is 15.4 Å². The van der Waals surface area contributed by atoms with Crippen LogP contribution in [0.3, 0.4) is 0 Å². The van der Waals surface area contributed by atoms with Crippen molar-refractivity contribution < 1.29 is 27.9 Å². The van der Waals surface area contributed by atoms with E-state index in [1.807, 2.05) is 0 Å². The third-order valence-corrected chi connectivity index (χ3v) is 3.32. The Hall–Kier alpha value is -3.29. The van der Waals surface area contributed by atoms with Crippen molar-refractivity contribution in [2.75, 3.05) is 11.9 Å². The molecule has 26 heavy (non-hydrogen) atoms. The normalized spacial score (nSPS) is 11.3.